The Morgan fingerprint density at radius 2 is 1.97 bits per heavy atom. The van der Waals surface area contributed by atoms with Crippen molar-refractivity contribution in [3.05, 3.63) is 54.0 Å². The summed E-state index contributed by atoms with van der Waals surface area (Å²) in [7, 11) is 4.97. The molecule has 0 fully saturated rings. The van der Waals surface area contributed by atoms with E-state index in [9.17, 15) is 4.79 Å². The molecule has 11 nitrogen and oxygen atoms in total. The van der Waals surface area contributed by atoms with Crippen LogP contribution < -0.4 is 25.4 Å². The number of carbonyl (C=O) groups is 1. The molecule has 0 aliphatic rings. The fourth-order valence-corrected chi connectivity index (χ4v) is 4.05. The minimum absolute atomic E-state index is 0.208. The van der Waals surface area contributed by atoms with E-state index >= 15 is 0 Å². The van der Waals surface area contributed by atoms with Crippen LogP contribution in [0.2, 0.25) is 0 Å². The number of nitrogens with zero attached hydrogens (tertiary/aromatic N) is 3. The van der Waals surface area contributed by atoms with Gasteiger partial charge in [-0.3, -0.25) is 4.79 Å². The average molecular weight is 502 g/mol. The molecule has 190 valence electrons. The van der Waals surface area contributed by atoms with E-state index in [1.807, 2.05) is 38.4 Å². The first kappa shape index (κ1) is 24.1. The van der Waals surface area contributed by atoms with Crippen molar-refractivity contribution in [3.8, 4) is 22.8 Å². The van der Waals surface area contributed by atoms with Gasteiger partial charge in [-0.2, -0.15) is 9.97 Å². The summed E-state index contributed by atoms with van der Waals surface area (Å²) in [6.07, 6.45) is 1.87. The van der Waals surface area contributed by atoms with Crippen molar-refractivity contribution in [2.45, 2.75) is 6.92 Å². The van der Waals surface area contributed by atoms with E-state index in [4.69, 9.17) is 13.9 Å². The monoisotopic (exact) mass is 501 g/mol. The Morgan fingerprint density at radius 3 is 2.76 bits per heavy atom. The highest BCUT2D eigenvalue weighted by Crippen LogP contribution is 2.37. The Morgan fingerprint density at radius 1 is 1.11 bits per heavy atom. The number of aryl methyl sites for hydroxylation is 1. The highest BCUT2D eigenvalue weighted by atomic mass is 16.5. The van der Waals surface area contributed by atoms with Crippen LogP contribution in [0.4, 0.5) is 11.6 Å². The van der Waals surface area contributed by atoms with Gasteiger partial charge in [-0.15, -0.1) is 0 Å². The molecule has 2 aromatic carbocycles. The zero-order valence-corrected chi connectivity index (χ0v) is 20.9. The van der Waals surface area contributed by atoms with Crippen LogP contribution in [0.5, 0.6) is 11.6 Å². The highest BCUT2D eigenvalue weighted by Gasteiger charge is 2.19. The van der Waals surface area contributed by atoms with Crippen LogP contribution in [0.25, 0.3) is 33.3 Å². The number of hydrogen-bond donors (Lipinski definition) is 4. The SMILES string of the molecule is CNCCOc1nc(Nc2ccc(C(=O)NC)cc2OC)nc2[nH]cc(-c3ccc4nc(C)oc4c3)c12. The first-order valence-corrected chi connectivity index (χ1v) is 11.7. The van der Waals surface area contributed by atoms with Crippen molar-refractivity contribution in [1.29, 1.82) is 0 Å². The van der Waals surface area contributed by atoms with Gasteiger partial charge in [-0.05, 0) is 42.9 Å². The number of methoxy groups -OCH3 is 1. The molecule has 3 aromatic heterocycles. The number of oxazole rings is 1. The van der Waals surface area contributed by atoms with Crippen LogP contribution in [-0.4, -0.2) is 60.2 Å². The van der Waals surface area contributed by atoms with E-state index in [1.54, 1.807) is 25.2 Å². The largest absolute Gasteiger partial charge is 0.495 e. The third kappa shape index (κ3) is 4.76. The van der Waals surface area contributed by atoms with Crippen LogP contribution in [0.3, 0.4) is 0 Å². The number of likely N-dealkylation sites (N-methyl/N-ethyl adjacent to an activating group) is 1. The van der Waals surface area contributed by atoms with E-state index in [2.05, 4.69) is 35.9 Å². The van der Waals surface area contributed by atoms with Crippen LogP contribution in [0.15, 0.2) is 47.0 Å². The number of aromatic amines is 1. The van der Waals surface area contributed by atoms with Gasteiger partial charge in [0.2, 0.25) is 11.8 Å². The van der Waals surface area contributed by atoms with E-state index in [-0.39, 0.29) is 5.91 Å². The Bertz CT molecular complexity index is 1590. The Hall–Kier alpha value is -4.64. The lowest BCUT2D eigenvalue weighted by Gasteiger charge is -2.13. The number of amides is 1. The second kappa shape index (κ2) is 10.2. The van der Waals surface area contributed by atoms with Gasteiger partial charge in [-0.25, -0.2) is 4.98 Å². The van der Waals surface area contributed by atoms with Gasteiger partial charge in [0.15, 0.2) is 11.5 Å². The fourth-order valence-electron chi connectivity index (χ4n) is 4.05. The van der Waals surface area contributed by atoms with Gasteiger partial charge in [0, 0.05) is 37.8 Å². The minimum Gasteiger partial charge on any atom is -0.495 e. The van der Waals surface area contributed by atoms with E-state index in [0.29, 0.717) is 59.1 Å². The van der Waals surface area contributed by atoms with Gasteiger partial charge in [0.1, 0.15) is 23.5 Å². The van der Waals surface area contributed by atoms with Gasteiger partial charge < -0.3 is 34.8 Å². The summed E-state index contributed by atoms with van der Waals surface area (Å²) < 4.78 is 17.3. The number of aromatic nitrogens is 4. The zero-order chi connectivity index (χ0) is 25.9. The maximum Gasteiger partial charge on any atom is 0.251 e. The molecule has 11 heteroatoms. The van der Waals surface area contributed by atoms with Gasteiger partial charge in [0.05, 0.1) is 18.2 Å². The molecule has 0 aliphatic carbocycles. The zero-order valence-electron chi connectivity index (χ0n) is 20.9. The average Bonchev–Trinajstić information content (AvgIpc) is 3.50. The summed E-state index contributed by atoms with van der Waals surface area (Å²) in [5, 5.41) is 9.62. The quantitative estimate of drug-likeness (QED) is 0.222. The first-order valence-electron chi connectivity index (χ1n) is 11.7. The Balaban J connectivity index is 1.56. The molecule has 5 rings (SSSR count). The van der Waals surface area contributed by atoms with Crippen LogP contribution >= 0.6 is 0 Å². The number of anilines is 2. The standard InChI is InChI=1S/C26H27N7O4/c1-14-30-19-7-5-15(11-21(19)37-14)17-13-29-23-22(17)25(36-10-9-27-2)33-26(32-23)31-18-8-6-16(24(34)28-3)12-20(18)35-4/h5-8,11-13,27H,9-10H2,1-4H3,(H,28,34)(H2,29,31,32,33). The topological polar surface area (TPSA) is 139 Å². The Labute approximate surface area is 212 Å². The number of H-pyrrole nitrogens is 1. The molecular formula is C26H27N7O4. The lowest BCUT2D eigenvalue weighted by atomic mass is 10.1. The normalized spacial score (nSPS) is 11.1. The second-order valence-corrected chi connectivity index (χ2v) is 8.26. The second-order valence-electron chi connectivity index (χ2n) is 8.26. The van der Waals surface area contributed by atoms with Crippen molar-refractivity contribution in [1.82, 2.24) is 30.6 Å². The molecule has 1 amide bonds. The van der Waals surface area contributed by atoms with E-state index < -0.39 is 0 Å². The third-order valence-corrected chi connectivity index (χ3v) is 5.83. The molecule has 0 atom stereocenters. The molecule has 0 unspecified atom stereocenters. The predicted molar refractivity (Wildman–Crippen MR) is 141 cm³/mol. The fraction of sp³-hybridized carbons (Fsp3) is 0.231. The van der Waals surface area contributed by atoms with Gasteiger partial charge in [-0.1, -0.05) is 6.07 Å². The number of benzene rings is 2. The Kier molecular flexibility index (Phi) is 6.60. The lowest BCUT2D eigenvalue weighted by molar-refractivity contribution is 0.0962. The molecule has 0 spiro atoms. The molecule has 0 radical (unpaired) electrons. The van der Waals surface area contributed by atoms with Crippen LogP contribution in [-0.2, 0) is 0 Å². The summed E-state index contributed by atoms with van der Waals surface area (Å²) >= 11 is 0. The summed E-state index contributed by atoms with van der Waals surface area (Å²) in [5.74, 6) is 1.62. The van der Waals surface area contributed by atoms with Gasteiger partial charge >= 0.3 is 0 Å². The maximum atomic E-state index is 12.0. The summed E-state index contributed by atoms with van der Waals surface area (Å²) in [4.78, 5) is 29.0. The summed E-state index contributed by atoms with van der Waals surface area (Å²) in [6.45, 7) is 2.88. The van der Waals surface area contributed by atoms with Crippen LogP contribution in [0, 0.1) is 6.92 Å². The molecule has 4 N–H and O–H groups in total. The smallest absolute Gasteiger partial charge is 0.251 e. The van der Waals surface area contributed by atoms with Crippen molar-refractivity contribution in [2.75, 3.05) is 39.7 Å². The molecule has 0 bridgehead atoms. The van der Waals surface area contributed by atoms with E-state index in [1.165, 1.54) is 7.11 Å². The molecule has 0 saturated heterocycles. The number of fused-ring (bicyclic) bond motifs is 2. The summed E-state index contributed by atoms with van der Waals surface area (Å²) in [5.41, 5.74) is 4.98. The highest BCUT2D eigenvalue weighted by molar-refractivity contribution is 5.99. The molecule has 37 heavy (non-hydrogen) atoms. The number of carbonyl (C=O) groups excluding carboxylic acids is 1. The van der Waals surface area contributed by atoms with E-state index in [0.717, 1.165) is 22.0 Å². The minimum atomic E-state index is -0.208. The number of rotatable bonds is 9. The molecule has 3 heterocycles. The summed E-state index contributed by atoms with van der Waals surface area (Å²) in [6, 6.07) is 10.9. The molecule has 5 aromatic rings. The van der Waals surface area contributed by atoms with Crippen molar-refractivity contribution < 1.29 is 18.7 Å². The van der Waals surface area contributed by atoms with Crippen molar-refractivity contribution >= 4 is 39.7 Å². The number of nitrogens with one attached hydrogen (secondary N) is 4. The lowest BCUT2D eigenvalue weighted by Crippen LogP contribution is -2.17. The maximum absolute atomic E-state index is 12.0. The first-order chi connectivity index (χ1) is 18.0. The van der Waals surface area contributed by atoms with Gasteiger partial charge in [0.25, 0.3) is 5.91 Å². The third-order valence-electron chi connectivity index (χ3n) is 5.83. The number of hydrogen-bond acceptors (Lipinski definition) is 9. The number of ether oxygens (including phenoxy) is 2. The molecule has 0 aliphatic heterocycles. The predicted octanol–water partition coefficient (Wildman–Crippen LogP) is 3.78. The van der Waals surface area contributed by atoms with Crippen molar-refractivity contribution in [3.63, 3.8) is 0 Å². The van der Waals surface area contributed by atoms with Crippen LogP contribution in [0.1, 0.15) is 16.2 Å². The van der Waals surface area contributed by atoms with Crippen molar-refractivity contribution in [2.24, 2.45) is 0 Å². The molecule has 0 saturated carbocycles. The molecular weight excluding hydrogens is 474 g/mol.